The van der Waals surface area contributed by atoms with Gasteiger partial charge >= 0.3 is 11.4 Å². The van der Waals surface area contributed by atoms with Gasteiger partial charge in [-0.3, -0.25) is 4.98 Å². The zero-order valence-corrected chi connectivity index (χ0v) is 8.91. The number of aromatic nitrogens is 5. The lowest BCUT2D eigenvalue weighted by Gasteiger charge is -2.07. The fourth-order valence-corrected chi connectivity index (χ4v) is 1.37. The van der Waals surface area contributed by atoms with Crippen molar-refractivity contribution in [3.63, 3.8) is 0 Å². The van der Waals surface area contributed by atoms with Crippen LogP contribution < -0.4 is 11.4 Å². The minimum Gasteiger partial charge on any atom is -0.275 e. The third-order valence-corrected chi connectivity index (χ3v) is 2.08. The highest BCUT2D eigenvalue weighted by molar-refractivity contribution is 5.05. The molecule has 0 aliphatic carbocycles. The number of nitrogens with zero attached hydrogens (tertiary/aromatic N) is 4. The van der Waals surface area contributed by atoms with E-state index in [1.807, 2.05) is 0 Å². The number of rotatable bonds is 2. The van der Waals surface area contributed by atoms with Gasteiger partial charge in [-0.1, -0.05) is 0 Å². The molecule has 2 rings (SSSR count). The third kappa shape index (κ3) is 1.67. The van der Waals surface area contributed by atoms with Crippen molar-refractivity contribution in [2.75, 3.05) is 0 Å². The maximum absolute atomic E-state index is 11.6. The van der Waals surface area contributed by atoms with Crippen molar-refractivity contribution in [3.05, 3.63) is 39.4 Å². The Morgan fingerprint density at radius 1 is 1.38 bits per heavy atom. The Morgan fingerprint density at radius 2 is 2.12 bits per heavy atom. The van der Waals surface area contributed by atoms with Gasteiger partial charge in [0.15, 0.2) is 0 Å². The van der Waals surface area contributed by atoms with E-state index in [9.17, 15) is 9.59 Å². The standard InChI is InChI=1S/C9H11N5O2/c1-6(2)14-8(15)11-7(12-9(14)16)13-5-3-4-10-13/h3-6H,1-2H3,(H,11,12,15,16). The number of H-pyrrole nitrogens is 1. The maximum Gasteiger partial charge on any atom is 0.355 e. The molecule has 1 N–H and O–H groups in total. The van der Waals surface area contributed by atoms with Gasteiger partial charge < -0.3 is 0 Å². The molecule has 0 aliphatic heterocycles. The molecule has 2 aromatic heterocycles. The van der Waals surface area contributed by atoms with E-state index in [-0.39, 0.29) is 12.0 Å². The van der Waals surface area contributed by atoms with E-state index < -0.39 is 11.4 Å². The molecular weight excluding hydrogens is 210 g/mol. The molecule has 0 aliphatic rings. The van der Waals surface area contributed by atoms with Crippen molar-refractivity contribution in [3.8, 4) is 5.95 Å². The van der Waals surface area contributed by atoms with Crippen molar-refractivity contribution < 1.29 is 0 Å². The van der Waals surface area contributed by atoms with Crippen molar-refractivity contribution in [2.24, 2.45) is 0 Å². The van der Waals surface area contributed by atoms with Gasteiger partial charge in [-0.2, -0.15) is 10.1 Å². The van der Waals surface area contributed by atoms with Gasteiger partial charge in [0.25, 0.3) is 0 Å². The molecule has 7 nitrogen and oxygen atoms in total. The number of aromatic amines is 1. The summed E-state index contributed by atoms with van der Waals surface area (Å²) in [4.78, 5) is 29.5. The summed E-state index contributed by atoms with van der Waals surface area (Å²) in [6.07, 6.45) is 3.13. The predicted molar refractivity (Wildman–Crippen MR) is 56.6 cm³/mol. The summed E-state index contributed by atoms with van der Waals surface area (Å²) >= 11 is 0. The Hall–Kier alpha value is -2.18. The van der Waals surface area contributed by atoms with Crippen molar-refractivity contribution in [2.45, 2.75) is 19.9 Å². The van der Waals surface area contributed by atoms with Crippen LogP contribution in [0.25, 0.3) is 5.95 Å². The van der Waals surface area contributed by atoms with Crippen molar-refractivity contribution in [1.82, 2.24) is 24.3 Å². The van der Waals surface area contributed by atoms with E-state index in [0.29, 0.717) is 0 Å². The third-order valence-electron chi connectivity index (χ3n) is 2.08. The molecule has 0 unspecified atom stereocenters. The van der Waals surface area contributed by atoms with E-state index in [1.165, 1.54) is 10.9 Å². The van der Waals surface area contributed by atoms with Gasteiger partial charge in [0.05, 0.1) is 0 Å². The van der Waals surface area contributed by atoms with Crippen LogP contribution in [0.1, 0.15) is 19.9 Å². The fraction of sp³-hybridized carbons (Fsp3) is 0.333. The summed E-state index contributed by atoms with van der Waals surface area (Å²) in [7, 11) is 0. The van der Waals surface area contributed by atoms with Gasteiger partial charge in [0.1, 0.15) is 0 Å². The summed E-state index contributed by atoms with van der Waals surface area (Å²) in [6.45, 7) is 3.48. The zero-order chi connectivity index (χ0) is 11.7. The number of nitrogens with one attached hydrogen (secondary N) is 1. The number of hydrogen-bond donors (Lipinski definition) is 1. The second-order valence-corrected chi connectivity index (χ2v) is 3.56. The van der Waals surface area contributed by atoms with Gasteiger partial charge in [-0.25, -0.2) is 18.8 Å². The predicted octanol–water partition coefficient (Wildman–Crippen LogP) is -0.302. The Kier molecular flexibility index (Phi) is 2.43. The second kappa shape index (κ2) is 3.76. The molecule has 84 valence electrons. The van der Waals surface area contributed by atoms with Gasteiger partial charge in [0, 0.05) is 18.4 Å². The van der Waals surface area contributed by atoms with E-state index in [2.05, 4.69) is 15.1 Å². The largest absolute Gasteiger partial charge is 0.355 e. The lowest BCUT2D eigenvalue weighted by atomic mass is 10.4. The van der Waals surface area contributed by atoms with Crippen LogP contribution in [0.15, 0.2) is 28.0 Å². The Labute approximate surface area is 90.4 Å². The topological polar surface area (TPSA) is 85.6 Å². The Morgan fingerprint density at radius 3 is 2.62 bits per heavy atom. The first-order valence-corrected chi connectivity index (χ1v) is 4.82. The Balaban J connectivity index is 2.63. The van der Waals surface area contributed by atoms with Crippen molar-refractivity contribution in [1.29, 1.82) is 0 Å². The van der Waals surface area contributed by atoms with Gasteiger partial charge in [-0.15, -0.1) is 0 Å². The smallest absolute Gasteiger partial charge is 0.275 e. The molecule has 0 bridgehead atoms. The molecule has 0 fully saturated rings. The highest BCUT2D eigenvalue weighted by atomic mass is 16.2. The quantitative estimate of drug-likeness (QED) is 0.754. The minimum absolute atomic E-state index is 0.122. The fourth-order valence-electron chi connectivity index (χ4n) is 1.37. The first-order chi connectivity index (χ1) is 7.59. The van der Waals surface area contributed by atoms with Crippen LogP contribution in [0.5, 0.6) is 0 Å². The molecule has 0 amide bonds. The van der Waals surface area contributed by atoms with Crippen LogP contribution in [0.3, 0.4) is 0 Å². The normalized spacial score (nSPS) is 10.9. The average molecular weight is 221 g/mol. The Bertz CT molecular complexity index is 562. The van der Waals surface area contributed by atoms with E-state index in [1.54, 1.807) is 26.1 Å². The first kappa shape index (κ1) is 10.3. The van der Waals surface area contributed by atoms with Gasteiger partial charge in [0.2, 0.25) is 5.95 Å². The van der Waals surface area contributed by atoms with E-state index >= 15 is 0 Å². The molecule has 0 saturated carbocycles. The lowest BCUT2D eigenvalue weighted by molar-refractivity contribution is 0.522. The van der Waals surface area contributed by atoms with Crippen molar-refractivity contribution >= 4 is 0 Å². The molecule has 0 radical (unpaired) electrons. The molecule has 2 heterocycles. The molecule has 0 atom stereocenters. The molecule has 7 heteroatoms. The highest BCUT2D eigenvalue weighted by Gasteiger charge is 2.09. The zero-order valence-electron chi connectivity index (χ0n) is 8.91. The summed E-state index contributed by atoms with van der Waals surface area (Å²) in [6, 6.07) is 1.45. The van der Waals surface area contributed by atoms with Crippen LogP contribution in [-0.2, 0) is 0 Å². The second-order valence-electron chi connectivity index (χ2n) is 3.56. The summed E-state index contributed by atoms with van der Waals surface area (Å²) < 4.78 is 2.38. The molecular formula is C9H11N5O2. The summed E-state index contributed by atoms with van der Waals surface area (Å²) in [5, 5.41) is 3.88. The van der Waals surface area contributed by atoms with Crippen LogP contribution in [-0.4, -0.2) is 24.3 Å². The average Bonchev–Trinajstić information content (AvgIpc) is 2.67. The summed E-state index contributed by atoms with van der Waals surface area (Å²) in [5.74, 6) is 0.122. The monoisotopic (exact) mass is 221 g/mol. The first-order valence-electron chi connectivity index (χ1n) is 4.82. The molecule has 2 aromatic rings. The SMILES string of the molecule is CC(C)n1c(=O)nc(-n2cccn2)[nH]c1=O. The van der Waals surface area contributed by atoms with Crippen LogP contribution >= 0.6 is 0 Å². The van der Waals surface area contributed by atoms with Crippen LogP contribution in [0.2, 0.25) is 0 Å². The molecule has 16 heavy (non-hydrogen) atoms. The van der Waals surface area contributed by atoms with Gasteiger partial charge in [-0.05, 0) is 19.9 Å². The summed E-state index contributed by atoms with van der Waals surface area (Å²) in [5.41, 5.74) is -1.07. The highest BCUT2D eigenvalue weighted by Crippen LogP contribution is 1.95. The van der Waals surface area contributed by atoms with Crippen LogP contribution in [0, 0.1) is 0 Å². The van der Waals surface area contributed by atoms with E-state index in [0.717, 1.165) is 4.57 Å². The maximum atomic E-state index is 11.6. The van der Waals surface area contributed by atoms with E-state index in [4.69, 9.17) is 0 Å². The molecule has 0 spiro atoms. The minimum atomic E-state index is -0.579. The number of hydrogen-bond acceptors (Lipinski definition) is 4. The van der Waals surface area contributed by atoms with Crippen LogP contribution in [0.4, 0.5) is 0 Å². The molecule has 0 saturated heterocycles. The molecule has 0 aromatic carbocycles. The lowest BCUT2D eigenvalue weighted by Crippen LogP contribution is -2.39.